The van der Waals surface area contributed by atoms with Gasteiger partial charge in [0.15, 0.2) is 5.65 Å². The molecule has 4 nitrogen and oxygen atoms in total. The third kappa shape index (κ3) is 1.27. The minimum Gasteiger partial charge on any atom is -0.294 e. The van der Waals surface area contributed by atoms with E-state index in [0.29, 0.717) is 0 Å². The van der Waals surface area contributed by atoms with E-state index in [1.807, 2.05) is 37.3 Å². The van der Waals surface area contributed by atoms with Crippen molar-refractivity contribution in [2.45, 2.75) is 6.92 Å². The monoisotopic (exact) mass is 210 g/mol. The maximum Gasteiger partial charge on any atom is 0.181 e. The Labute approximate surface area is 92.6 Å². The van der Waals surface area contributed by atoms with Crippen molar-refractivity contribution in [3.63, 3.8) is 0 Å². The van der Waals surface area contributed by atoms with E-state index in [1.54, 1.807) is 6.20 Å². The van der Waals surface area contributed by atoms with Gasteiger partial charge in [-0.1, -0.05) is 18.2 Å². The number of imidazole rings is 1. The zero-order valence-electron chi connectivity index (χ0n) is 8.83. The van der Waals surface area contributed by atoms with Crippen LogP contribution in [0.1, 0.15) is 5.82 Å². The number of aromatic nitrogens is 4. The molecule has 3 rings (SSSR count). The Kier molecular flexibility index (Phi) is 1.93. The molecule has 2 heterocycles. The van der Waals surface area contributed by atoms with Gasteiger partial charge in [-0.2, -0.15) is 0 Å². The second-order valence-electron chi connectivity index (χ2n) is 3.56. The molecule has 0 saturated heterocycles. The average molecular weight is 210 g/mol. The van der Waals surface area contributed by atoms with Gasteiger partial charge in [0.05, 0.1) is 6.20 Å². The smallest absolute Gasteiger partial charge is 0.181 e. The number of nitrogens with zero attached hydrogens (tertiary/aromatic N) is 4. The molecule has 1 aromatic carbocycles. The Morgan fingerprint density at radius 1 is 1.12 bits per heavy atom. The average Bonchev–Trinajstić information content (AvgIpc) is 2.66. The van der Waals surface area contributed by atoms with Crippen LogP contribution in [-0.2, 0) is 0 Å². The summed E-state index contributed by atoms with van der Waals surface area (Å²) in [5, 5.41) is 0. The van der Waals surface area contributed by atoms with Crippen molar-refractivity contribution in [2.24, 2.45) is 0 Å². The first kappa shape index (κ1) is 9.03. The van der Waals surface area contributed by atoms with Gasteiger partial charge in [-0.25, -0.2) is 15.0 Å². The molecule has 3 aromatic rings. The van der Waals surface area contributed by atoms with Gasteiger partial charge in [0.2, 0.25) is 0 Å². The van der Waals surface area contributed by atoms with Crippen molar-refractivity contribution in [1.29, 1.82) is 0 Å². The number of aryl methyl sites for hydroxylation is 1. The summed E-state index contributed by atoms with van der Waals surface area (Å²) in [4.78, 5) is 12.6. The fraction of sp³-hybridized carbons (Fsp3) is 0.0833. The van der Waals surface area contributed by atoms with E-state index in [4.69, 9.17) is 0 Å². The second-order valence-corrected chi connectivity index (χ2v) is 3.56. The van der Waals surface area contributed by atoms with E-state index < -0.39 is 0 Å². The van der Waals surface area contributed by atoms with Crippen LogP contribution in [0.2, 0.25) is 0 Å². The van der Waals surface area contributed by atoms with Gasteiger partial charge in [0.25, 0.3) is 0 Å². The fourth-order valence-corrected chi connectivity index (χ4v) is 1.84. The van der Waals surface area contributed by atoms with Crippen molar-refractivity contribution >= 4 is 11.2 Å². The van der Waals surface area contributed by atoms with E-state index >= 15 is 0 Å². The quantitative estimate of drug-likeness (QED) is 0.618. The largest absolute Gasteiger partial charge is 0.294 e. The molecule has 0 fully saturated rings. The molecule has 0 N–H and O–H groups in total. The molecular weight excluding hydrogens is 200 g/mol. The van der Waals surface area contributed by atoms with Crippen LogP contribution in [0.4, 0.5) is 0 Å². The van der Waals surface area contributed by atoms with E-state index in [9.17, 15) is 0 Å². The summed E-state index contributed by atoms with van der Waals surface area (Å²) >= 11 is 0. The number of hydrogen-bond acceptors (Lipinski definition) is 3. The minimum absolute atomic E-state index is 0.733. The third-order valence-electron chi connectivity index (χ3n) is 2.52. The van der Waals surface area contributed by atoms with E-state index in [-0.39, 0.29) is 0 Å². The summed E-state index contributed by atoms with van der Waals surface area (Å²) < 4.78 is 2.05. The van der Waals surface area contributed by atoms with Crippen molar-refractivity contribution in [3.8, 4) is 5.69 Å². The van der Waals surface area contributed by atoms with E-state index in [2.05, 4.69) is 19.5 Å². The van der Waals surface area contributed by atoms with Crippen LogP contribution in [0.25, 0.3) is 16.9 Å². The SMILES string of the molecule is Cc1nc2ncncc2n1-c1ccccc1. The molecule has 0 unspecified atom stereocenters. The molecule has 0 saturated carbocycles. The Hall–Kier alpha value is -2.23. The molecule has 0 radical (unpaired) electrons. The molecule has 0 atom stereocenters. The van der Waals surface area contributed by atoms with Crippen LogP contribution in [0.5, 0.6) is 0 Å². The fourth-order valence-electron chi connectivity index (χ4n) is 1.84. The van der Waals surface area contributed by atoms with Crippen LogP contribution >= 0.6 is 0 Å². The molecule has 0 aliphatic rings. The van der Waals surface area contributed by atoms with Crippen LogP contribution in [-0.4, -0.2) is 19.5 Å². The molecular formula is C12H10N4. The first-order valence-electron chi connectivity index (χ1n) is 5.07. The van der Waals surface area contributed by atoms with Gasteiger partial charge in [0.1, 0.15) is 17.7 Å². The number of rotatable bonds is 1. The highest BCUT2D eigenvalue weighted by molar-refractivity contribution is 5.72. The highest BCUT2D eigenvalue weighted by Crippen LogP contribution is 2.18. The van der Waals surface area contributed by atoms with Gasteiger partial charge in [-0.3, -0.25) is 4.57 Å². The van der Waals surface area contributed by atoms with Gasteiger partial charge in [-0.15, -0.1) is 0 Å². The Balaban J connectivity index is 2.35. The first-order chi connectivity index (χ1) is 7.86. The summed E-state index contributed by atoms with van der Waals surface area (Å²) in [5.74, 6) is 0.918. The number of hydrogen-bond donors (Lipinski definition) is 0. The highest BCUT2D eigenvalue weighted by atomic mass is 15.1. The predicted octanol–water partition coefficient (Wildman–Crippen LogP) is 2.12. The van der Waals surface area contributed by atoms with Crippen molar-refractivity contribution < 1.29 is 0 Å². The van der Waals surface area contributed by atoms with Crippen LogP contribution < -0.4 is 0 Å². The second kappa shape index (κ2) is 3.41. The Morgan fingerprint density at radius 3 is 2.75 bits per heavy atom. The van der Waals surface area contributed by atoms with Crippen LogP contribution in [0, 0.1) is 6.92 Å². The zero-order chi connectivity index (χ0) is 11.0. The maximum absolute atomic E-state index is 4.40. The minimum atomic E-state index is 0.733. The molecule has 4 heteroatoms. The molecule has 0 bridgehead atoms. The van der Waals surface area contributed by atoms with Gasteiger partial charge >= 0.3 is 0 Å². The lowest BCUT2D eigenvalue weighted by atomic mass is 10.3. The Bertz CT molecular complexity index is 628. The summed E-state index contributed by atoms with van der Waals surface area (Å²) in [6, 6.07) is 10.1. The van der Waals surface area contributed by atoms with Crippen molar-refractivity contribution in [1.82, 2.24) is 19.5 Å². The molecule has 0 amide bonds. The van der Waals surface area contributed by atoms with E-state index in [1.165, 1.54) is 6.33 Å². The van der Waals surface area contributed by atoms with Gasteiger partial charge in [0, 0.05) is 5.69 Å². The topological polar surface area (TPSA) is 43.6 Å². The normalized spacial score (nSPS) is 10.8. The lowest BCUT2D eigenvalue weighted by molar-refractivity contribution is 0.999. The van der Waals surface area contributed by atoms with Gasteiger partial charge in [-0.05, 0) is 19.1 Å². The van der Waals surface area contributed by atoms with E-state index in [0.717, 1.165) is 22.7 Å². The zero-order valence-corrected chi connectivity index (χ0v) is 8.83. The van der Waals surface area contributed by atoms with Crippen molar-refractivity contribution in [3.05, 3.63) is 48.7 Å². The molecule has 0 aliphatic carbocycles. The lowest BCUT2D eigenvalue weighted by Crippen LogP contribution is -1.96. The van der Waals surface area contributed by atoms with Crippen LogP contribution in [0.3, 0.4) is 0 Å². The summed E-state index contributed by atoms with van der Waals surface area (Å²) in [6.45, 7) is 1.97. The summed E-state index contributed by atoms with van der Waals surface area (Å²) in [6.07, 6.45) is 3.30. The molecule has 0 aliphatic heterocycles. The van der Waals surface area contributed by atoms with Gasteiger partial charge < -0.3 is 0 Å². The summed E-state index contributed by atoms with van der Waals surface area (Å²) in [5.41, 5.74) is 2.75. The lowest BCUT2D eigenvalue weighted by Gasteiger charge is -2.05. The number of para-hydroxylation sites is 1. The molecule has 78 valence electrons. The summed E-state index contributed by atoms with van der Waals surface area (Å²) in [7, 11) is 0. The first-order valence-corrected chi connectivity index (χ1v) is 5.07. The molecule has 16 heavy (non-hydrogen) atoms. The number of benzene rings is 1. The molecule has 0 spiro atoms. The van der Waals surface area contributed by atoms with Crippen LogP contribution in [0.15, 0.2) is 42.9 Å². The van der Waals surface area contributed by atoms with Crippen molar-refractivity contribution in [2.75, 3.05) is 0 Å². The standard InChI is InChI=1S/C12H10N4/c1-9-15-12-11(7-13-8-14-12)16(9)10-5-3-2-4-6-10/h2-8H,1H3. The molecule has 2 aromatic heterocycles. The maximum atomic E-state index is 4.40. The predicted molar refractivity (Wildman–Crippen MR) is 61.4 cm³/mol. The third-order valence-corrected chi connectivity index (χ3v) is 2.52. The number of fused-ring (bicyclic) bond motifs is 1. The Morgan fingerprint density at radius 2 is 1.94 bits per heavy atom. The highest BCUT2D eigenvalue weighted by Gasteiger charge is 2.08.